The standard InChI is InChI=1S/C16H18O4/c1-8-6-10-12(16(3,4)17)13-11(7-9(2)19-13)14(18-5)15(10)20-8/h6-7,17H,1-5H3. The number of methoxy groups -OCH3 is 1. The smallest absolute Gasteiger partial charge is 0.177 e. The van der Waals surface area contributed by atoms with E-state index in [9.17, 15) is 5.11 Å². The molecule has 0 unspecified atom stereocenters. The molecular weight excluding hydrogens is 256 g/mol. The van der Waals surface area contributed by atoms with Crippen molar-refractivity contribution in [2.24, 2.45) is 0 Å². The van der Waals surface area contributed by atoms with Crippen molar-refractivity contribution >= 4 is 21.9 Å². The van der Waals surface area contributed by atoms with Crippen LogP contribution in [-0.4, -0.2) is 12.2 Å². The Bertz CT molecular complexity index is 742. The quantitative estimate of drug-likeness (QED) is 0.766. The summed E-state index contributed by atoms with van der Waals surface area (Å²) in [5.74, 6) is 2.19. The molecule has 0 atom stereocenters. The van der Waals surface area contributed by atoms with Gasteiger partial charge in [-0.15, -0.1) is 0 Å². The summed E-state index contributed by atoms with van der Waals surface area (Å²) in [6, 6.07) is 3.81. The molecule has 0 spiro atoms. The maximum absolute atomic E-state index is 10.5. The molecule has 1 aromatic carbocycles. The average molecular weight is 274 g/mol. The van der Waals surface area contributed by atoms with Gasteiger partial charge in [-0.05, 0) is 39.8 Å². The van der Waals surface area contributed by atoms with Gasteiger partial charge >= 0.3 is 0 Å². The highest BCUT2D eigenvalue weighted by Gasteiger charge is 2.29. The van der Waals surface area contributed by atoms with Crippen LogP contribution in [0.5, 0.6) is 5.75 Å². The number of aryl methyl sites for hydroxylation is 2. The second kappa shape index (κ2) is 4.03. The van der Waals surface area contributed by atoms with Crippen molar-refractivity contribution in [2.75, 3.05) is 7.11 Å². The maximum Gasteiger partial charge on any atom is 0.177 e. The lowest BCUT2D eigenvalue weighted by Crippen LogP contribution is -2.16. The minimum atomic E-state index is -1.04. The molecule has 2 aromatic heterocycles. The van der Waals surface area contributed by atoms with Gasteiger partial charge in [0, 0.05) is 10.9 Å². The average Bonchev–Trinajstić information content (AvgIpc) is 2.85. The molecule has 4 heteroatoms. The van der Waals surface area contributed by atoms with Crippen LogP contribution >= 0.6 is 0 Å². The monoisotopic (exact) mass is 274 g/mol. The van der Waals surface area contributed by atoms with Crippen LogP contribution < -0.4 is 4.74 Å². The zero-order valence-electron chi connectivity index (χ0n) is 12.3. The second-order valence-electron chi connectivity index (χ2n) is 5.67. The molecule has 2 heterocycles. The summed E-state index contributed by atoms with van der Waals surface area (Å²) in [6.45, 7) is 7.24. The molecule has 3 rings (SSSR count). The van der Waals surface area contributed by atoms with E-state index in [1.165, 1.54) is 0 Å². The molecule has 0 amide bonds. The molecule has 4 nitrogen and oxygen atoms in total. The summed E-state index contributed by atoms with van der Waals surface area (Å²) < 4.78 is 17.1. The van der Waals surface area contributed by atoms with E-state index in [0.29, 0.717) is 16.9 Å². The van der Waals surface area contributed by atoms with E-state index < -0.39 is 5.60 Å². The highest BCUT2D eigenvalue weighted by atomic mass is 16.5. The molecule has 3 aromatic rings. The van der Waals surface area contributed by atoms with Crippen molar-refractivity contribution in [3.05, 3.63) is 29.2 Å². The van der Waals surface area contributed by atoms with E-state index in [-0.39, 0.29) is 0 Å². The third kappa shape index (κ3) is 1.72. The van der Waals surface area contributed by atoms with E-state index in [4.69, 9.17) is 13.6 Å². The summed E-state index contributed by atoms with van der Waals surface area (Å²) >= 11 is 0. The van der Waals surface area contributed by atoms with Crippen LogP contribution in [0.3, 0.4) is 0 Å². The fraction of sp³-hybridized carbons (Fsp3) is 0.375. The van der Waals surface area contributed by atoms with Crippen molar-refractivity contribution in [1.29, 1.82) is 0 Å². The Labute approximate surface area is 116 Å². The fourth-order valence-electron chi connectivity index (χ4n) is 2.79. The number of benzene rings is 1. The van der Waals surface area contributed by atoms with E-state index in [1.54, 1.807) is 21.0 Å². The van der Waals surface area contributed by atoms with Gasteiger partial charge in [-0.1, -0.05) is 0 Å². The van der Waals surface area contributed by atoms with Crippen molar-refractivity contribution in [3.8, 4) is 5.75 Å². The minimum absolute atomic E-state index is 0.646. The predicted octanol–water partition coefficient (Wildman–Crippen LogP) is 4.03. The van der Waals surface area contributed by atoms with Gasteiger partial charge in [0.15, 0.2) is 11.3 Å². The lowest BCUT2D eigenvalue weighted by Gasteiger charge is -2.19. The number of aliphatic hydroxyl groups is 1. The number of fused-ring (bicyclic) bond motifs is 2. The van der Waals surface area contributed by atoms with Crippen LogP contribution in [0.4, 0.5) is 0 Å². The van der Waals surface area contributed by atoms with Gasteiger partial charge in [0.25, 0.3) is 0 Å². The second-order valence-corrected chi connectivity index (χ2v) is 5.67. The maximum atomic E-state index is 10.5. The Kier molecular flexibility index (Phi) is 2.63. The lowest BCUT2D eigenvalue weighted by atomic mass is 9.92. The third-order valence-electron chi connectivity index (χ3n) is 3.47. The number of ether oxygens (including phenoxy) is 1. The van der Waals surface area contributed by atoms with Crippen molar-refractivity contribution in [3.63, 3.8) is 0 Å². The van der Waals surface area contributed by atoms with Crippen LogP contribution in [0.15, 0.2) is 21.0 Å². The van der Waals surface area contributed by atoms with Crippen molar-refractivity contribution in [1.82, 2.24) is 0 Å². The molecule has 0 aliphatic rings. The van der Waals surface area contributed by atoms with Crippen LogP contribution in [-0.2, 0) is 5.60 Å². The van der Waals surface area contributed by atoms with Gasteiger partial charge in [0.05, 0.1) is 18.1 Å². The highest BCUT2D eigenvalue weighted by molar-refractivity contribution is 6.05. The van der Waals surface area contributed by atoms with E-state index in [2.05, 4.69) is 0 Å². The zero-order chi connectivity index (χ0) is 14.7. The van der Waals surface area contributed by atoms with Crippen LogP contribution in [0.25, 0.3) is 21.9 Å². The fourth-order valence-corrected chi connectivity index (χ4v) is 2.79. The van der Waals surface area contributed by atoms with Crippen molar-refractivity contribution < 1.29 is 18.7 Å². The van der Waals surface area contributed by atoms with Crippen LogP contribution in [0.2, 0.25) is 0 Å². The van der Waals surface area contributed by atoms with Gasteiger partial charge < -0.3 is 18.7 Å². The predicted molar refractivity (Wildman–Crippen MR) is 77.3 cm³/mol. The molecule has 20 heavy (non-hydrogen) atoms. The topological polar surface area (TPSA) is 55.7 Å². The van der Waals surface area contributed by atoms with Crippen LogP contribution in [0.1, 0.15) is 30.9 Å². The number of rotatable bonds is 2. The molecule has 0 aliphatic carbocycles. The minimum Gasteiger partial charge on any atom is -0.492 e. The van der Waals surface area contributed by atoms with Crippen LogP contribution in [0, 0.1) is 13.8 Å². The highest BCUT2D eigenvalue weighted by Crippen LogP contribution is 2.44. The molecule has 0 saturated heterocycles. The summed E-state index contributed by atoms with van der Waals surface area (Å²) in [5, 5.41) is 12.2. The molecule has 0 radical (unpaired) electrons. The largest absolute Gasteiger partial charge is 0.492 e. The third-order valence-corrected chi connectivity index (χ3v) is 3.47. The number of hydrogen-bond acceptors (Lipinski definition) is 4. The summed E-state index contributed by atoms with van der Waals surface area (Å²) in [7, 11) is 1.61. The summed E-state index contributed by atoms with van der Waals surface area (Å²) in [6.07, 6.45) is 0. The lowest BCUT2D eigenvalue weighted by molar-refractivity contribution is 0.0806. The van der Waals surface area contributed by atoms with Gasteiger partial charge in [-0.3, -0.25) is 0 Å². The first-order chi connectivity index (χ1) is 9.32. The first-order valence-electron chi connectivity index (χ1n) is 6.56. The molecule has 106 valence electrons. The molecular formula is C16H18O4. The summed E-state index contributed by atoms with van der Waals surface area (Å²) in [4.78, 5) is 0. The Morgan fingerprint density at radius 3 is 2.10 bits per heavy atom. The van der Waals surface area contributed by atoms with E-state index in [1.807, 2.05) is 26.0 Å². The van der Waals surface area contributed by atoms with Gasteiger partial charge in [0.1, 0.15) is 17.1 Å². The normalized spacial score (nSPS) is 12.5. The van der Waals surface area contributed by atoms with Gasteiger partial charge in [0.2, 0.25) is 0 Å². The first-order valence-corrected chi connectivity index (χ1v) is 6.56. The van der Waals surface area contributed by atoms with Gasteiger partial charge in [-0.2, -0.15) is 0 Å². The van der Waals surface area contributed by atoms with E-state index >= 15 is 0 Å². The molecule has 0 saturated carbocycles. The Hall–Kier alpha value is -1.94. The molecule has 1 N–H and O–H groups in total. The summed E-state index contributed by atoms with van der Waals surface area (Å²) in [5.41, 5.74) is 0.993. The SMILES string of the molecule is COc1c2cc(C)oc2c(C(C)(C)O)c2cc(C)oc12. The molecule has 0 aliphatic heterocycles. The Morgan fingerprint density at radius 1 is 1.00 bits per heavy atom. The first kappa shape index (κ1) is 13.1. The van der Waals surface area contributed by atoms with Gasteiger partial charge in [-0.25, -0.2) is 0 Å². The number of furan rings is 2. The Morgan fingerprint density at radius 2 is 1.55 bits per heavy atom. The number of hydrogen-bond donors (Lipinski definition) is 1. The zero-order valence-corrected chi connectivity index (χ0v) is 12.3. The molecule has 0 bridgehead atoms. The Balaban J connectivity index is 2.61. The van der Waals surface area contributed by atoms with E-state index in [0.717, 1.165) is 27.9 Å². The molecule has 0 fully saturated rings. The van der Waals surface area contributed by atoms with Crippen molar-refractivity contribution in [2.45, 2.75) is 33.3 Å².